The first-order valence-electron chi connectivity index (χ1n) is 8.74. The quantitative estimate of drug-likeness (QED) is 0.849. The van der Waals surface area contributed by atoms with Gasteiger partial charge in [-0.25, -0.2) is 0 Å². The molecule has 0 amide bonds. The molecule has 0 spiro atoms. The van der Waals surface area contributed by atoms with Gasteiger partial charge in [-0.3, -0.25) is 4.79 Å². The molecule has 1 aliphatic rings. The van der Waals surface area contributed by atoms with Crippen LogP contribution in [0, 0.1) is 11.3 Å². The second-order valence-corrected chi connectivity index (χ2v) is 7.89. The predicted octanol–water partition coefficient (Wildman–Crippen LogP) is 4.34. The maximum Gasteiger partial charge on any atom is 0.136 e. The van der Waals surface area contributed by atoms with Crippen LogP contribution in [0.2, 0.25) is 0 Å². The molecule has 2 N–H and O–H groups in total. The molecule has 1 aliphatic carbocycles. The van der Waals surface area contributed by atoms with Gasteiger partial charge in [0.25, 0.3) is 0 Å². The van der Waals surface area contributed by atoms with E-state index >= 15 is 0 Å². The van der Waals surface area contributed by atoms with Crippen LogP contribution in [-0.2, 0) is 17.8 Å². The fraction of sp³-hybridized carbons (Fsp3) is 0.650. The number of phenols is 1. The van der Waals surface area contributed by atoms with Crippen LogP contribution in [0.3, 0.4) is 0 Å². The number of ketones is 1. The molecular weight excluding hydrogens is 288 g/mol. The number of Topliss-reactive ketones (excluding diaryl/α,β-unsaturated/α-hetero) is 1. The zero-order valence-corrected chi connectivity index (χ0v) is 14.9. The molecule has 23 heavy (non-hydrogen) atoms. The Hall–Kier alpha value is -1.35. The van der Waals surface area contributed by atoms with Gasteiger partial charge in [-0.15, -0.1) is 0 Å². The van der Waals surface area contributed by atoms with Crippen molar-refractivity contribution in [2.75, 3.05) is 0 Å². The van der Waals surface area contributed by atoms with E-state index < -0.39 is 0 Å². The summed E-state index contributed by atoms with van der Waals surface area (Å²) in [6.07, 6.45) is 4.40. The van der Waals surface area contributed by atoms with Crippen LogP contribution >= 0.6 is 0 Å². The molecule has 3 heteroatoms. The van der Waals surface area contributed by atoms with Gasteiger partial charge >= 0.3 is 0 Å². The van der Waals surface area contributed by atoms with Crippen LogP contribution in [0.1, 0.15) is 76.0 Å². The van der Waals surface area contributed by atoms with E-state index in [0.717, 1.165) is 42.4 Å². The summed E-state index contributed by atoms with van der Waals surface area (Å²) in [6.45, 7) is 8.40. The Kier molecular flexibility index (Phi) is 5.51. The highest BCUT2D eigenvalue weighted by Gasteiger charge is 2.37. The molecule has 1 aromatic rings. The minimum atomic E-state index is -0.0801. The third-order valence-electron chi connectivity index (χ3n) is 5.42. The first-order valence-corrected chi connectivity index (χ1v) is 8.74. The second-order valence-electron chi connectivity index (χ2n) is 7.89. The van der Waals surface area contributed by atoms with Crippen molar-refractivity contribution in [2.45, 2.75) is 72.3 Å². The molecular formula is C20H30O3. The van der Waals surface area contributed by atoms with Crippen molar-refractivity contribution in [1.29, 1.82) is 0 Å². The molecule has 0 aliphatic heterocycles. The molecule has 0 heterocycles. The Morgan fingerprint density at radius 1 is 1.26 bits per heavy atom. The minimum absolute atomic E-state index is 0.0620. The molecule has 3 nitrogen and oxygen atoms in total. The van der Waals surface area contributed by atoms with Crippen molar-refractivity contribution in [3.63, 3.8) is 0 Å². The number of aromatic hydroxyl groups is 1. The van der Waals surface area contributed by atoms with E-state index in [0.29, 0.717) is 12.2 Å². The van der Waals surface area contributed by atoms with Gasteiger partial charge in [0, 0.05) is 12.3 Å². The number of carbonyl (C=O) groups excluding carboxylic acids is 1. The monoisotopic (exact) mass is 318 g/mol. The molecule has 0 saturated heterocycles. The predicted molar refractivity (Wildman–Crippen MR) is 92.6 cm³/mol. The smallest absolute Gasteiger partial charge is 0.136 e. The first kappa shape index (κ1) is 18.0. The Bertz CT molecular complexity index is 572. The molecule has 0 aromatic heterocycles. The van der Waals surface area contributed by atoms with Crippen molar-refractivity contribution in [1.82, 2.24) is 0 Å². The number of benzene rings is 1. The van der Waals surface area contributed by atoms with Crippen LogP contribution in [0.4, 0.5) is 0 Å². The van der Waals surface area contributed by atoms with Crippen LogP contribution < -0.4 is 0 Å². The summed E-state index contributed by atoms with van der Waals surface area (Å²) in [5, 5.41) is 19.7. The largest absolute Gasteiger partial charge is 0.508 e. The highest BCUT2D eigenvalue weighted by molar-refractivity contribution is 5.82. The lowest BCUT2D eigenvalue weighted by Gasteiger charge is -2.37. The van der Waals surface area contributed by atoms with Crippen LogP contribution in [0.15, 0.2) is 12.1 Å². The lowest BCUT2D eigenvalue weighted by Crippen LogP contribution is -2.35. The zero-order chi connectivity index (χ0) is 17.2. The molecule has 128 valence electrons. The summed E-state index contributed by atoms with van der Waals surface area (Å²) < 4.78 is 0. The third kappa shape index (κ3) is 3.95. The van der Waals surface area contributed by atoms with Gasteiger partial charge in [-0.05, 0) is 59.8 Å². The zero-order valence-electron chi connectivity index (χ0n) is 14.9. The molecule has 1 aromatic carbocycles. The number of rotatable bonds is 5. The van der Waals surface area contributed by atoms with Crippen LogP contribution in [-0.4, -0.2) is 16.0 Å². The topological polar surface area (TPSA) is 57.5 Å². The lowest BCUT2D eigenvalue weighted by atomic mass is 9.66. The Balaban J connectivity index is 2.22. The van der Waals surface area contributed by atoms with Crippen LogP contribution in [0.25, 0.3) is 0 Å². The Labute approximate surface area is 139 Å². The molecule has 1 fully saturated rings. The number of aryl methyl sites for hydroxylation is 1. The number of hydrogen-bond acceptors (Lipinski definition) is 3. The molecule has 2 rings (SSSR count). The summed E-state index contributed by atoms with van der Waals surface area (Å²) in [6, 6.07) is 3.68. The normalized spacial score (nSPS) is 21.0. The van der Waals surface area contributed by atoms with E-state index in [1.807, 2.05) is 19.9 Å². The standard InChI is InChI=1S/C20H30O3/c1-13(2)16-10-14(15(12-21)11-19(16)23)7-8-17-18(22)6-5-9-20(17,3)4/h10-11,13,17,21,23H,5-9,12H2,1-4H3. The summed E-state index contributed by atoms with van der Waals surface area (Å²) in [5.41, 5.74) is 2.80. The average Bonchev–Trinajstić information content (AvgIpc) is 2.46. The number of phenolic OH excluding ortho intramolecular Hbond substituents is 1. The first-order chi connectivity index (χ1) is 10.8. The maximum absolute atomic E-state index is 12.3. The fourth-order valence-corrected chi connectivity index (χ4v) is 3.89. The van der Waals surface area contributed by atoms with E-state index in [9.17, 15) is 15.0 Å². The molecule has 0 bridgehead atoms. The van der Waals surface area contributed by atoms with E-state index in [4.69, 9.17) is 0 Å². The molecule has 1 unspecified atom stereocenters. The summed E-state index contributed by atoms with van der Waals surface area (Å²) in [4.78, 5) is 12.3. The average molecular weight is 318 g/mol. The van der Waals surface area contributed by atoms with Crippen LogP contribution in [0.5, 0.6) is 5.75 Å². The van der Waals surface area contributed by atoms with Gasteiger partial charge in [-0.1, -0.05) is 33.8 Å². The van der Waals surface area contributed by atoms with Crippen molar-refractivity contribution in [3.05, 3.63) is 28.8 Å². The van der Waals surface area contributed by atoms with Gasteiger partial charge in [0.2, 0.25) is 0 Å². The lowest BCUT2D eigenvalue weighted by molar-refractivity contribution is -0.129. The summed E-state index contributed by atoms with van der Waals surface area (Å²) >= 11 is 0. The van der Waals surface area contributed by atoms with Crippen molar-refractivity contribution in [3.8, 4) is 5.75 Å². The minimum Gasteiger partial charge on any atom is -0.508 e. The fourth-order valence-electron chi connectivity index (χ4n) is 3.89. The summed E-state index contributed by atoms with van der Waals surface area (Å²) in [7, 11) is 0. The van der Waals surface area contributed by atoms with E-state index in [2.05, 4.69) is 13.8 Å². The Morgan fingerprint density at radius 2 is 1.96 bits per heavy atom. The number of carbonyl (C=O) groups is 1. The number of hydrogen-bond donors (Lipinski definition) is 2. The highest BCUT2D eigenvalue weighted by Crippen LogP contribution is 2.41. The second kappa shape index (κ2) is 7.04. The van der Waals surface area contributed by atoms with Crippen molar-refractivity contribution in [2.24, 2.45) is 11.3 Å². The molecule has 0 radical (unpaired) electrons. The molecule has 1 saturated carbocycles. The summed E-state index contributed by atoms with van der Waals surface area (Å²) in [5.74, 6) is 0.963. The maximum atomic E-state index is 12.3. The van der Waals surface area contributed by atoms with Crippen molar-refractivity contribution < 1.29 is 15.0 Å². The SMILES string of the molecule is CC(C)c1cc(CCC2C(=O)CCCC2(C)C)c(CO)cc1O. The van der Waals surface area contributed by atoms with Gasteiger partial charge < -0.3 is 10.2 Å². The Morgan fingerprint density at radius 3 is 2.52 bits per heavy atom. The third-order valence-corrected chi connectivity index (χ3v) is 5.42. The molecule has 1 atom stereocenters. The van der Waals surface area contributed by atoms with E-state index in [1.165, 1.54) is 0 Å². The van der Waals surface area contributed by atoms with Crippen molar-refractivity contribution >= 4 is 5.78 Å². The number of aliphatic hydroxyl groups is 1. The van der Waals surface area contributed by atoms with Gasteiger partial charge in [0.05, 0.1) is 6.61 Å². The highest BCUT2D eigenvalue weighted by atomic mass is 16.3. The van der Waals surface area contributed by atoms with E-state index in [1.54, 1.807) is 6.07 Å². The van der Waals surface area contributed by atoms with Gasteiger partial charge in [-0.2, -0.15) is 0 Å². The van der Waals surface area contributed by atoms with E-state index in [-0.39, 0.29) is 29.6 Å². The number of aliphatic hydroxyl groups excluding tert-OH is 1. The van der Waals surface area contributed by atoms with Gasteiger partial charge in [0.15, 0.2) is 0 Å². The van der Waals surface area contributed by atoms with Gasteiger partial charge in [0.1, 0.15) is 11.5 Å².